The fourth-order valence-electron chi connectivity index (χ4n) is 2.24. The largest absolute Gasteiger partial charge is 0.497 e. The second-order valence-corrected chi connectivity index (χ2v) is 5.62. The quantitative estimate of drug-likeness (QED) is 0.647. The number of nitrogens with one attached hydrogen (secondary N) is 2. The number of halogens is 2. The number of hydrogen-bond donors (Lipinski definition) is 2. The minimum atomic E-state index is -0.487. The molecule has 1 heterocycles. The first-order chi connectivity index (χ1) is 12.6. The minimum Gasteiger partial charge on any atom is -0.497 e. The SMILES string of the molecule is COc1ccc(OC)c(Nc2ccnc(Nc3ccc(F)c(Cl)c3)n2)c1. The molecule has 0 aliphatic carbocycles. The molecule has 0 radical (unpaired) electrons. The standard InChI is InChI=1S/C18H16ClFN4O2/c1-25-12-4-6-16(26-2)15(10-12)23-17-7-8-21-18(24-17)22-11-3-5-14(20)13(19)9-11/h3-10H,1-2H3,(H2,21,22,23,24). The minimum absolute atomic E-state index is 0.0189. The van der Waals surface area contributed by atoms with Gasteiger partial charge in [-0.05, 0) is 36.4 Å². The van der Waals surface area contributed by atoms with Crippen molar-refractivity contribution >= 4 is 34.7 Å². The van der Waals surface area contributed by atoms with E-state index in [1.807, 2.05) is 0 Å². The molecule has 0 bridgehead atoms. The van der Waals surface area contributed by atoms with Crippen LogP contribution in [0.4, 0.5) is 27.5 Å². The van der Waals surface area contributed by atoms with E-state index in [-0.39, 0.29) is 5.02 Å². The van der Waals surface area contributed by atoms with Crippen LogP contribution in [0.25, 0.3) is 0 Å². The Bertz CT molecular complexity index is 923. The van der Waals surface area contributed by atoms with Crippen LogP contribution in [-0.4, -0.2) is 24.2 Å². The average molecular weight is 375 g/mol. The summed E-state index contributed by atoms with van der Waals surface area (Å²) < 4.78 is 23.8. The highest BCUT2D eigenvalue weighted by molar-refractivity contribution is 6.31. The Morgan fingerprint density at radius 2 is 1.85 bits per heavy atom. The van der Waals surface area contributed by atoms with Crippen molar-refractivity contribution in [2.24, 2.45) is 0 Å². The zero-order chi connectivity index (χ0) is 18.5. The van der Waals surface area contributed by atoms with Crippen LogP contribution in [0, 0.1) is 5.82 Å². The van der Waals surface area contributed by atoms with Crippen molar-refractivity contribution < 1.29 is 13.9 Å². The van der Waals surface area contributed by atoms with Gasteiger partial charge in [0.05, 0.1) is 24.9 Å². The van der Waals surface area contributed by atoms with Gasteiger partial charge in [-0.1, -0.05) is 11.6 Å². The van der Waals surface area contributed by atoms with Gasteiger partial charge in [0, 0.05) is 18.0 Å². The monoisotopic (exact) mass is 374 g/mol. The fourth-order valence-corrected chi connectivity index (χ4v) is 2.42. The van der Waals surface area contributed by atoms with E-state index in [1.165, 1.54) is 12.1 Å². The van der Waals surface area contributed by atoms with E-state index in [9.17, 15) is 4.39 Å². The normalized spacial score (nSPS) is 10.3. The van der Waals surface area contributed by atoms with Crippen LogP contribution < -0.4 is 20.1 Å². The Balaban J connectivity index is 1.82. The first kappa shape index (κ1) is 17.8. The third-order valence-corrected chi connectivity index (χ3v) is 3.79. The summed E-state index contributed by atoms with van der Waals surface area (Å²) in [7, 11) is 3.17. The highest BCUT2D eigenvalue weighted by Crippen LogP contribution is 2.31. The average Bonchev–Trinajstić information content (AvgIpc) is 2.65. The first-order valence-electron chi connectivity index (χ1n) is 7.63. The molecule has 0 aliphatic heterocycles. The number of nitrogens with zero attached hydrogens (tertiary/aromatic N) is 2. The molecular weight excluding hydrogens is 359 g/mol. The molecule has 3 aromatic rings. The molecule has 0 saturated heterocycles. The molecular formula is C18H16ClFN4O2. The highest BCUT2D eigenvalue weighted by atomic mass is 35.5. The van der Waals surface area contributed by atoms with Gasteiger partial charge < -0.3 is 20.1 Å². The van der Waals surface area contributed by atoms with E-state index in [2.05, 4.69) is 20.6 Å². The Morgan fingerprint density at radius 1 is 1.00 bits per heavy atom. The summed E-state index contributed by atoms with van der Waals surface area (Å²) in [6.07, 6.45) is 1.59. The van der Waals surface area contributed by atoms with Gasteiger partial charge in [-0.25, -0.2) is 9.37 Å². The zero-order valence-electron chi connectivity index (χ0n) is 14.1. The third-order valence-electron chi connectivity index (χ3n) is 3.50. The molecule has 2 aromatic carbocycles. The van der Waals surface area contributed by atoms with Crippen LogP contribution in [0.1, 0.15) is 0 Å². The third kappa shape index (κ3) is 4.12. The molecule has 6 nitrogen and oxygen atoms in total. The van der Waals surface area contributed by atoms with Crippen molar-refractivity contribution in [2.75, 3.05) is 24.9 Å². The number of ether oxygens (including phenoxy) is 2. The number of hydrogen-bond acceptors (Lipinski definition) is 6. The van der Waals surface area contributed by atoms with E-state index in [1.54, 1.807) is 50.7 Å². The Kier molecular flexibility index (Phi) is 5.38. The molecule has 0 aliphatic rings. The lowest BCUT2D eigenvalue weighted by atomic mass is 10.2. The van der Waals surface area contributed by atoms with Crippen molar-refractivity contribution in [2.45, 2.75) is 0 Å². The molecule has 0 unspecified atom stereocenters. The van der Waals surface area contributed by atoms with Crippen LogP contribution in [-0.2, 0) is 0 Å². The molecule has 0 atom stereocenters. The molecule has 134 valence electrons. The van der Waals surface area contributed by atoms with Crippen molar-refractivity contribution in [3.05, 3.63) is 59.5 Å². The van der Waals surface area contributed by atoms with E-state index in [0.29, 0.717) is 34.6 Å². The Labute approximate surface area is 155 Å². The topological polar surface area (TPSA) is 68.3 Å². The van der Waals surface area contributed by atoms with Crippen LogP contribution in [0.15, 0.2) is 48.7 Å². The van der Waals surface area contributed by atoms with Gasteiger partial charge in [-0.3, -0.25) is 0 Å². The van der Waals surface area contributed by atoms with Gasteiger partial charge in [-0.15, -0.1) is 0 Å². The Hall–Kier alpha value is -3.06. The van der Waals surface area contributed by atoms with Crippen molar-refractivity contribution in [1.29, 1.82) is 0 Å². The predicted molar refractivity (Wildman–Crippen MR) is 99.6 cm³/mol. The summed E-state index contributed by atoms with van der Waals surface area (Å²) in [5.74, 6) is 1.71. The summed E-state index contributed by atoms with van der Waals surface area (Å²) in [4.78, 5) is 8.53. The van der Waals surface area contributed by atoms with Gasteiger partial charge in [0.15, 0.2) is 0 Å². The van der Waals surface area contributed by atoms with E-state index in [4.69, 9.17) is 21.1 Å². The number of rotatable bonds is 6. The lowest BCUT2D eigenvalue weighted by Crippen LogP contribution is -2.01. The molecule has 2 N–H and O–H groups in total. The summed E-state index contributed by atoms with van der Waals surface area (Å²) >= 11 is 5.79. The first-order valence-corrected chi connectivity index (χ1v) is 8.01. The maximum absolute atomic E-state index is 13.3. The molecule has 26 heavy (non-hydrogen) atoms. The number of anilines is 4. The maximum atomic E-state index is 13.3. The van der Waals surface area contributed by atoms with Crippen LogP contribution in [0.2, 0.25) is 5.02 Å². The lowest BCUT2D eigenvalue weighted by molar-refractivity contribution is 0.405. The van der Waals surface area contributed by atoms with Crippen LogP contribution in [0.3, 0.4) is 0 Å². The van der Waals surface area contributed by atoms with Crippen molar-refractivity contribution in [3.8, 4) is 11.5 Å². The lowest BCUT2D eigenvalue weighted by Gasteiger charge is -2.13. The summed E-state index contributed by atoms with van der Waals surface area (Å²) in [6.45, 7) is 0. The summed E-state index contributed by atoms with van der Waals surface area (Å²) in [5.41, 5.74) is 1.27. The Morgan fingerprint density at radius 3 is 2.58 bits per heavy atom. The van der Waals surface area contributed by atoms with Crippen molar-refractivity contribution in [1.82, 2.24) is 9.97 Å². The zero-order valence-corrected chi connectivity index (χ0v) is 14.8. The summed E-state index contributed by atoms with van der Waals surface area (Å²) in [5, 5.41) is 6.16. The number of aromatic nitrogens is 2. The van der Waals surface area contributed by atoms with Crippen LogP contribution >= 0.6 is 11.6 Å². The molecule has 8 heteroatoms. The van der Waals surface area contributed by atoms with Crippen molar-refractivity contribution in [3.63, 3.8) is 0 Å². The van der Waals surface area contributed by atoms with Gasteiger partial charge in [0.2, 0.25) is 5.95 Å². The van der Waals surface area contributed by atoms with Crippen LogP contribution in [0.5, 0.6) is 11.5 Å². The second kappa shape index (κ2) is 7.88. The molecule has 0 amide bonds. The smallest absolute Gasteiger partial charge is 0.229 e. The molecule has 3 rings (SSSR count). The molecule has 0 spiro atoms. The number of methoxy groups -OCH3 is 2. The fraction of sp³-hybridized carbons (Fsp3) is 0.111. The molecule has 1 aromatic heterocycles. The maximum Gasteiger partial charge on any atom is 0.229 e. The van der Waals surface area contributed by atoms with Gasteiger partial charge in [0.25, 0.3) is 0 Å². The van der Waals surface area contributed by atoms with Gasteiger partial charge in [-0.2, -0.15) is 4.98 Å². The van der Waals surface area contributed by atoms with E-state index in [0.717, 1.165) is 0 Å². The predicted octanol–water partition coefficient (Wildman–Crippen LogP) is 4.77. The second-order valence-electron chi connectivity index (χ2n) is 5.21. The highest BCUT2D eigenvalue weighted by Gasteiger charge is 2.08. The van der Waals surface area contributed by atoms with E-state index < -0.39 is 5.82 Å². The van der Waals surface area contributed by atoms with E-state index >= 15 is 0 Å². The summed E-state index contributed by atoms with van der Waals surface area (Å²) in [6, 6.07) is 11.4. The number of benzene rings is 2. The molecule has 0 saturated carbocycles. The van der Waals surface area contributed by atoms with Gasteiger partial charge in [0.1, 0.15) is 23.1 Å². The van der Waals surface area contributed by atoms with Gasteiger partial charge >= 0.3 is 0 Å². The molecule has 0 fully saturated rings.